The highest BCUT2D eigenvalue weighted by Gasteiger charge is 2.14. The summed E-state index contributed by atoms with van der Waals surface area (Å²) in [4.78, 5) is 20.5. The van der Waals surface area contributed by atoms with Crippen molar-refractivity contribution in [2.45, 2.75) is 26.2 Å². The first kappa shape index (κ1) is 8.99. The normalized spacial score (nSPS) is 12.2. The van der Waals surface area contributed by atoms with Gasteiger partial charge in [0.05, 0.1) is 5.52 Å². The summed E-state index contributed by atoms with van der Waals surface area (Å²) in [5.74, 6) is 0. The number of hydrogen-bond acceptors (Lipinski definition) is 2. The number of aromatic amines is 2. The van der Waals surface area contributed by atoms with Crippen LogP contribution in [0.15, 0.2) is 17.1 Å². The molecule has 0 aliphatic carbocycles. The van der Waals surface area contributed by atoms with E-state index in [1.54, 1.807) is 6.20 Å². The lowest BCUT2D eigenvalue weighted by molar-refractivity contribution is 0.588. The fourth-order valence-electron chi connectivity index (χ4n) is 1.33. The average molecular weight is 191 g/mol. The second-order valence-electron chi connectivity index (χ2n) is 4.45. The van der Waals surface area contributed by atoms with Crippen LogP contribution in [0.5, 0.6) is 0 Å². The van der Waals surface area contributed by atoms with Gasteiger partial charge in [0, 0.05) is 6.20 Å². The number of pyridine rings is 1. The molecule has 0 unspecified atom stereocenters. The molecule has 2 rings (SSSR count). The third kappa shape index (κ3) is 1.43. The van der Waals surface area contributed by atoms with Crippen LogP contribution in [0.1, 0.15) is 26.3 Å². The summed E-state index contributed by atoms with van der Waals surface area (Å²) < 4.78 is 0. The highest BCUT2D eigenvalue weighted by atomic mass is 16.1. The van der Waals surface area contributed by atoms with Gasteiger partial charge in [0.15, 0.2) is 5.65 Å². The van der Waals surface area contributed by atoms with Crippen molar-refractivity contribution in [3.63, 3.8) is 0 Å². The predicted octanol–water partition coefficient (Wildman–Crippen LogP) is 1.55. The van der Waals surface area contributed by atoms with Crippen LogP contribution in [0.3, 0.4) is 0 Å². The Labute approximate surface area is 81.4 Å². The molecule has 0 saturated heterocycles. The number of aromatic nitrogens is 3. The quantitative estimate of drug-likeness (QED) is 0.663. The van der Waals surface area contributed by atoms with Crippen LogP contribution < -0.4 is 5.69 Å². The minimum Gasteiger partial charge on any atom is -0.304 e. The van der Waals surface area contributed by atoms with Crippen LogP contribution in [0.4, 0.5) is 0 Å². The van der Waals surface area contributed by atoms with Gasteiger partial charge in [-0.05, 0) is 17.0 Å². The van der Waals surface area contributed by atoms with Gasteiger partial charge in [0.25, 0.3) is 0 Å². The Bertz CT molecular complexity index is 516. The van der Waals surface area contributed by atoms with E-state index in [1.807, 2.05) is 6.07 Å². The van der Waals surface area contributed by atoms with Crippen molar-refractivity contribution in [2.75, 3.05) is 0 Å². The number of nitrogens with one attached hydrogen (secondary N) is 2. The monoisotopic (exact) mass is 191 g/mol. The Balaban J connectivity index is 2.67. The Kier molecular flexibility index (Phi) is 1.74. The van der Waals surface area contributed by atoms with Crippen LogP contribution in [-0.2, 0) is 5.41 Å². The molecule has 0 aromatic carbocycles. The van der Waals surface area contributed by atoms with Crippen molar-refractivity contribution in [3.05, 3.63) is 28.3 Å². The fourth-order valence-corrected chi connectivity index (χ4v) is 1.33. The van der Waals surface area contributed by atoms with E-state index in [1.165, 1.54) is 0 Å². The van der Waals surface area contributed by atoms with Gasteiger partial charge in [-0.25, -0.2) is 9.78 Å². The predicted molar refractivity (Wildman–Crippen MR) is 55.4 cm³/mol. The van der Waals surface area contributed by atoms with E-state index >= 15 is 0 Å². The Hall–Kier alpha value is -1.58. The third-order valence-electron chi connectivity index (χ3n) is 2.23. The number of rotatable bonds is 0. The van der Waals surface area contributed by atoms with E-state index in [0.29, 0.717) is 5.65 Å². The highest BCUT2D eigenvalue weighted by Crippen LogP contribution is 2.22. The number of imidazole rings is 1. The standard InChI is InChI=1S/C10H13N3O/c1-10(2,3)6-4-7-8(11-5-6)13-9(14)12-7/h4-5H,1-3H3,(H2,11,12,13,14). The van der Waals surface area contributed by atoms with Gasteiger partial charge < -0.3 is 4.98 Å². The summed E-state index contributed by atoms with van der Waals surface area (Å²) >= 11 is 0. The summed E-state index contributed by atoms with van der Waals surface area (Å²) in [5.41, 5.74) is 2.33. The second kappa shape index (κ2) is 2.70. The molecule has 0 bridgehead atoms. The van der Waals surface area contributed by atoms with E-state index in [9.17, 15) is 4.79 Å². The number of hydrogen-bond donors (Lipinski definition) is 2. The molecule has 0 amide bonds. The minimum absolute atomic E-state index is 0.0509. The molecule has 0 atom stereocenters. The molecule has 4 nitrogen and oxygen atoms in total. The number of nitrogens with zero attached hydrogens (tertiary/aromatic N) is 1. The maximum Gasteiger partial charge on any atom is 0.325 e. The Morgan fingerprint density at radius 1 is 1.29 bits per heavy atom. The topological polar surface area (TPSA) is 61.5 Å². The lowest BCUT2D eigenvalue weighted by Crippen LogP contribution is -2.11. The summed E-state index contributed by atoms with van der Waals surface area (Å²) in [6.07, 6.45) is 1.80. The molecule has 14 heavy (non-hydrogen) atoms. The summed E-state index contributed by atoms with van der Waals surface area (Å²) in [7, 11) is 0. The first-order chi connectivity index (χ1) is 6.47. The van der Waals surface area contributed by atoms with Crippen LogP contribution in [-0.4, -0.2) is 15.0 Å². The molecule has 0 aliphatic heterocycles. The molecule has 0 radical (unpaired) electrons. The lowest BCUT2D eigenvalue weighted by atomic mass is 9.88. The molecule has 74 valence electrons. The zero-order valence-corrected chi connectivity index (χ0v) is 8.51. The molecule has 0 saturated carbocycles. The second-order valence-corrected chi connectivity index (χ2v) is 4.45. The molecule has 0 aliphatic rings. The zero-order chi connectivity index (χ0) is 10.3. The van der Waals surface area contributed by atoms with E-state index in [2.05, 4.69) is 35.7 Å². The highest BCUT2D eigenvalue weighted by molar-refractivity contribution is 5.70. The maximum atomic E-state index is 11.0. The van der Waals surface area contributed by atoms with Crippen LogP contribution in [0.25, 0.3) is 11.2 Å². The molecule has 4 heteroatoms. The first-order valence-corrected chi connectivity index (χ1v) is 4.55. The molecule has 2 aromatic rings. The van der Waals surface area contributed by atoms with Crippen LogP contribution in [0.2, 0.25) is 0 Å². The molecule has 2 N–H and O–H groups in total. The van der Waals surface area contributed by atoms with Crippen LogP contribution >= 0.6 is 0 Å². The summed E-state index contributed by atoms with van der Waals surface area (Å²) in [6.45, 7) is 6.34. The van der Waals surface area contributed by atoms with Gasteiger partial charge in [-0.15, -0.1) is 0 Å². The van der Waals surface area contributed by atoms with Gasteiger partial charge in [-0.3, -0.25) is 4.98 Å². The van der Waals surface area contributed by atoms with Crippen molar-refractivity contribution >= 4 is 11.2 Å². The van der Waals surface area contributed by atoms with Crippen molar-refractivity contribution in [2.24, 2.45) is 0 Å². The molecule has 0 fully saturated rings. The lowest BCUT2D eigenvalue weighted by Gasteiger charge is -2.17. The zero-order valence-electron chi connectivity index (χ0n) is 8.51. The van der Waals surface area contributed by atoms with Crippen LogP contribution in [0, 0.1) is 0 Å². The largest absolute Gasteiger partial charge is 0.325 e. The van der Waals surface area contributed by atoms with Crippen molar-refractivity contribution in [3.8, 4) is 0 Å². The van der Waals surface area contributed by atoms with Gasteiger partial charge in [0.2, 0.25) is 0 Å². The molecule has 2 heterocycles. The SMILES string of the molecule is CC(C)(C)c1cnc2[nH]c(=O)[nH]c2c1. The summed E-state index contributed by atoms with van der Waals surface area (Å²) in [6, 6.07) is 1.96. The Morgan fingerprint density at radius 2 is 2.00 bits per heavy atom. The van der Waals surface area contributed by atoms with E-state index < -0.39 is 0 Å². The fraction of sp³-hybridized carbons (Fsp3) is 0.400. The third-order valence-corrected chi connectivity index (χ3v) is 2.23. The minimum atomic E-state index is -0.210. The van der Waals surface area contributed by atoms with Crippen molar-refractivity contribution in [1.82, 2.24) is 15.0 Å². The number of fused-ring (bicyclic) bond motifs is 1. The molecular formula is C10H13N3O. The molecule has 0 spiro atoms. The average Bonchev–Trinajstić information content (AvgIpc) is 2.41. The van der Waals surface area contributed by atoms with Gasteiger partial charge in [0.1, 0.15) is 0 Å². The number of H-pyrrole nitrogens is 2. The molecular weight excluding hydrogens is 178 g/mol. The van der Waals surface area contributed by atoms with Gasteiger partial charge in [-0.1, -0.05) is 20.8 Å². The summed E-state index contributed by atoms with van der Waals surface area (Å²) in [5, 5.41) is 0. The van der Waals surface area contributed by atoms with Crippen molar-refractivity contribution in [1.29, 1.82) is 0 Å². The maximum absolute atomic E-state index is 11.0. The Morgan fingerprint density at radius 3 is 2.64 bits per heavy atom. The van der Waals surface area contributed by atoms with E-state index in [0.717, 1.165) is 11.1 Å². The van der Waals surface area contributed by atoms with Crippen molar-refractivity contribution < 1.29 is 0 Å². The van der Waals surface area contributed by atoms with E-state index in [-0.39, 0.29) is 11.1 Å². The van der Waals surface area contributed by atoms with Gasteiger partial charge in [-0.2, -0.15) is 0 Å². The first-order valence-electron chi connectivity index (χ1n) is 4.55. The smallest absolute Gasteiger partial charge is 0.304 e. The van der Waals surface area contributed by atoms with Gasteiger partial charge >= 0.3 is 5.69 Å². The van der Waals surface area contributed by atoms with E-state index in [4.69, 9.17) is 0 Å². The molecule has 2 aromatic heterocycles.